The molecule has 2 fully saturated rings. The number of morpholine rings is 1. The maximum absolute atomic E-state index is 12.7. The second-order valence-corrected chi connectivity index (χ2v) is 5.47. The Morgan fingerprint density at radius 3 is 2.60 bits per heavy atom. The summed E-state index contributed by atoms with van der Waals surface area (Å²) in [5, 5.41) is 0. The van der Waals surface area contributed by atoms with Crippen LogP contribution < -0.4 is 5.69 Å². The summed E-state index contributed by atoms with van der Waals surface area (Å²) in [6.45, 7) is 1.26. The average Bonchev–Trinajstić information content (AvgIpc) is 2.93. The molecule has 1 aromatic carbocycles. The molecule has 104 valence electrons. The number of amides is 1. The minimum Gasteiger partial charge on any atom is -0.377 e. The van der Waals surface area contributed by atoms with Gasteiger partial charge >= 0.3 is 5.69 Å². The lowest BCUT2D eigenvalue weighted by atomic mass is 10.1. The second kappa shape index (κ2) is 4.21. The number of carbonyl (C=O) groups is 1. The van der Waals surface area contributed by atoms with Gasteiger partial charge in [-0.15, -0.1) is 0 Å². The van der Waals surface area contributed by atoms with E-state index in [0.29, 0.717) is 24.3 Å². The van der Waals surface area contributed by atoms with Crippen LogP contribution in [-0.4, -0.2) is 46.1 Å². The van der Waals surface area contributed by atoms with Crippen molar-refractivity contribution in [2.24, 2.45) is 0 Å². The molecule has 2 bridgehead atoms. The molecular weight excluding hydrogens is 258 g/mol. The summed E-state index contributed by atoms with van der Waals surface area (Å²) in [4.78, 5) is 31.3. The van der Waals surface area contributed by atoms with E-state index in [1.807, 2.05) is 4.90 Å². The van der Waals surface area contributed by atoms with Gasteiger partial charge in [0.25, 0.3) is 5.91 Å². The lowest BCUT2D eigenvalue weighted by molar-refractivity contribution is -0.00714. The van der Waals surface area contributed by atoms with Crippen LogP contribution in [0.25, 0.3) is 11.0 Å². The van der Waals surface area contributed by atoms with Gasteiger partial charge < -0.3 is 19.6 Å². The van der Waals surface area contributed by atoms with E-state index in [0.717, 1.165) is 18.4 Å². The monoisotopic (exact) mass is 273 g/mol. The van der Waals surface area contributed by atoms with Crippen molar-refractivity contribution in [2.75, 3.05) is 13.2 Å². The minimum atomic E-state index is -0.254. The molecule has 2 aromatic rings. The first-order valence-electron chi connectivity index (χ1n) is 6.85. The Morgan fingerprint density at radius 2 is 1.85 bits per heavy atom. The van der Waals surface area contributed by atoms with E-state index in [2.05, 4.69) is 9.97 Å². The van der Waals surface area contributed by atoms with Gasteiger partial charge in [-0.25, -0.2) is 4.79 Å². The molecule has 4 rings (SSSR count). The first-order chi connectivity index (χ1) is 9.72. The van der Waals surface area contributed by atoms with Gasteiger partial charge in [0.2, 0.25) is 0 Å². The number of fused-ring (bicyclic) bond motifs is 3. The molecule has 0 aliphatic carbocycles. The lowest BCUT2D eigenvalue weighted by Gasteiger charge is -2.34. The molecule has 2 saturated heterocycles. The van der Waals surface area contributed by atoms with Crippen molar-refractivity contribution < 1.29 is 9.53 Å². The van der Waals surface area contributed by atoms with Gasteiger partial charge in [0, 0.05) is 5.56 Å². The van der Waals surface area contributed by atoms with Crippen LogP contribution >= 0.6 is 0 Å². The minimum absolute atomic E-state index is 0.0322. The molecule has 2 unspecified atom stereocenters. The van der Waals surface area contributed by atoms with Gasteiger partial charge in [0.15, 0.2) is 0 Å². The van der Waals surface area contributed by atoms with Gasteiger partial charge in [-0.2, -0.15) is 0 Å². The topological polar surface area (TPSA) is 78.2 Å². The van der Waals surface area contributed by atoms with Crippen LogP contribution in [0.4, 0.5) is 0 Å². The number of carbonyl (C=O) groups excluding carboxylic acids is 1. The van der Waals surface area contributed by atoms with Crippen molar-refractivity contribution in [1.82, 2.24) is 14.9 Å². The molecule has 2 aliphatic rings. The normalized spacial score (nSPS) is 25.3. The zero-order valence-electron chi connectivity index (χ0n) is 10.9. The highest BCUT2D eigenvalue weighted by Gasteiger charge is 2.40. The van der Waals surface area contributed by atoms with Crippen LogP contribution in [0.5, 0.6) is 0 Å². The highest BCUT2D eigenvalue weighted by Crippen LogP contribution is 2.30. The summed E-state index contributed by atoms with van der Waals surface area (Å²) < 4.78 is 5.50. The third-order valence-corrected chi connectivity index (χ3v) is 4.24. The molecule has 0 saturated carbocycles. The molecule has 20 heavy (non-hydrogen) atoms. The van der Waals surface area contributed by atoms with E-state index in [1.165, 1.54) is 0 Å². The fraction of sp³-hybridized carbons (Fsp3) is 0.429. The van der Waals surface area contributed by atoms with Gasteiger partial charge in [0.1, 0.15) is 0 Å². The molecule has 2 aliphatic heterocycles. The summed E-state index contributed by atoms with van der Waals surface area (Å²) in [5.41, 5.74) is 1.75. The Bertz CT molecular complexity index is 717. The van der Waals surface area contributed by atoms with Crippen molar-refractivity contribution in [2.45, 2.75) is 24.9 Å². The van der Waals surface area contributed by atoms with Crippen molar-refractivity contribution in [3.8, 4) is 0 Å². The molecule has 0 radical (unpaired) electrons. The van der Waals surface area contributed by atoms with Crippen molar-refractivity contribution in [3.05, 3.63) is 34.2 Å². The number of ether oxygens (including phenoxy) is 1. The van der Waals surface area contributed by atoms with Gasteiger partial charge in [-0.3, -0.25) is 4.79 Å². The van der Waals surface area contributed by atoms with E-state index in [4.69, 9.17) is 4.74 Å². The largest absolute Gasteiger partial charge is 0.377 e. The van der Waals surface area contributed by atoms with Crippen molar-refractivity contribution in [3.63, 3.8) is 0 Å². The van der Waals surface area contributed by atoms with Crippen molar-refractivity contribution in [1.29, 1.82) is 0 Å². The highest BCUT2D eigenvalue weighted by molar-refractivity contribution is 5.97. The second-order valence-electron chi connectivity index (χ2n) is 5.47. The first-order valence-corrected chi connectivity index (χ1v) is 6.85. The molecule has 0 spiro atoms. The Morgan fingerprint density at radius 1 is 1.15 bits per heavy atom. The fourth-order valence-corrected chi connectivity index (χ4v) is 3.27. The van der Waals surface area contributed by atoms with Crippen LogP contribution in [0.2, 0.25) is 0 Å². The third-order valence-electron chi connectivity index (χ3n) is 4.24. The van der Waals surface area contributed by atoms with Crippen LogP contribution in [0.3, 0.4) is 0 Å². The van der Waals surface area contributed by atoms with E-state index in [9.17, 15) is 9.59 Å². The molecular formula is C14H15N3O3. The Balaban J connectivity index is 1.71. The Kier molecular flexibility index (Phi) is 2.47. The number of nitrogens with zero attached hydrogens (tertiary/aromatic N) is 1. The predicted octanol–water partition coefficient (Wildman–Crippen LogP) is 0.860. The summed E-state index contributed by atoms with van der Waals surface area (Å²) in [5.74, 6) is 0.0322. The highest BCUT2D eigenvalue weighted by atomic mass is 16.5. The van der Waals surface area contributed by atoms with Crippen LogP contribution in [0.1, 0.15) is 23.2 Å². The number of imidazole rings is 1. The van der Waals surface area contributed by atoms with E-state index in [-0.39, 0.29) is 23.7 Å². The predicted molar refractivity (Wildman–Crippen MR) is 72.7 cm³/mol. The van der Waals surface area contributed by atoms with Gasteiger partial charge in [-0.05, 0) is 31.0 Å². The Hall–Kier alpha value is -2.08. The molecule has 1 aromatic heterocycles. The first kappa shape index (κ1) is 11.7. The Labute approximate surface area is 114 Å². The molecule has 2 N–H and O–H groups in total. The van der Waals surface area contributed by atoms with E-state index in [1.54, 1.807) is 18.2 Å². The SMILES string of the molecule is O=C(c1ccc2[nH]c(=O)[nH]c2c1)N1C2CCC1COC2. The summed E-state index contributed by atoms with van der Waals surface area (Å²) in [6, 6.07) is 5.67. The molecule has 2 atom stereocenters. The van der Waals surface area contributed by atoms with E-state index >= 15 is 0 Å². The zero-order chi connectivity index (χ0) is 13.7. The maximum Gasteiger partial charge on any atom is 0.323 e. The number of benzene rings is 1. The summed E-state index contributed by atoms with van der Waals surface area (Å²) >= 11 is 0. The third kappa shape index (κ3) is 1.68. The van der Waals surface area contributed by atoms with Crippen LogP contribution in [0, 0.1) is 0 Å². The van der Waals surface area contributed by atoms with E-state index < -0.39 is 0 Å². The zero-order valence-corrected chi connectivity index (χ0v) is 10.9. The number of hydrogen-bond donors (Lipinski definition) is 2. The number of aromatic nitrogens is 2. The number of nitrogens with one attached hydrogen (secondary N) is 2. The molecule has 1 amide bonds. The fourth-order valence-electron chi connectivity index (χ4n) is 3.27. The summed E-state index contributed by atoms with van der Waals surface area (Å²) in [6.07, 6.45) is 2.03. The van der Waals surface area contributed by atoms with Crippen LogP contribution in [0.15, 0.2) is 23.0 Å². The van der Waals surface area contributed by atoms with Crippen LogP contribution in [-0.2, 0) is 4.74 Å². The lowest BCUT2D eigenvalue weighted by Crippen LogP contribution is -2.49. The number of rotatable bonds is 1. The van der Waals surface area contributed by atoms with Gasteiger partial charge in [-0.1, -0.05) is 0 Å². The molecule has 6 heteroatoms. The van der Waals surface area contributed by atoms with Crippen molar-refractivity contribution >= 4 is 16.9 Å². The average molecular weight is 273 g/mol. The molecule has 6 nitrogen and oxygen atoms in total. The number of hydrogen-bond acceptors (Lipinski definition) is 3. The standard InChI is InChI=1S/C14H15N3O3/c18-13(17-9-2-3-10(17)7-20-6-9)8-1-4-11-12(5-8)16-14(19)15-11/h1,4-5,9-10H,2-3,6-7H2,(H2,15,16,19). The number of H-pyrrole nitrogens is 2. The van der Waals surface area contributed by atoms with Gasteiger partial charge in [0.05, 0.1) is 36.3 Å². The number of aromatic amines is 2. The maximum atomic E-state index is 12.7. The summed E-state index contributed by atoms with van der Waals surface area (Å²) in [7, 11) is 0. The smallest absolute Gasteiger partial charge is 0.323 e. The molecule has 3 heterocycles. The quantitative estimate of drug-likeness (QED) is 0.809.